The molecule has 2 aliphatic heterocycles. The highest BCUT2D eigenvalue weighted by Crippen LogP contribution is 2.32. The van der Waals surface area contributed by atoms with Crippen molar-refractivity contribution in [3.8, 4) is 0 Å². The molecule has 0 spiro atoms. The number of hydrogen-bond acceptors (Lipinski definition) is 3. The van der Waals surface area contributed by atoms with Crippen molar-refractivity contribution in [2.75, 3.05) is 31.1 Å². The molecule has 0 bridgehead atoms. The number of carbonyl (C=O) groups excluding carboxylic acids is 2. The van der Waals surface area contributed by atoms with Crippen molar-refractivity contribution in [2.45, 2.75) is 26.2 Å². The van der Waals surface area contributed by atoms with E-state index in [1.54, 1.807) is 4.90 Å². The molecule has 2 amide bonds. The lowest BCUT2D eigenvalue weighted by atomic mass is 9.81. The Labute approximate surface area is 172 Å². The molecule has 1 unspecified atom stereocenters. The average molecular weight is 402 g/mol. The summed E-state index contributed by atoms with van der Waals surface area (Å²) in [4.78, 5) is 27.1. The summed E-state index contributed by atoms with van der Waals surface area (Å²) in [5, 5.41) is 8.64. The van der Waals surface area contributed by atoms with E-state index in [1.807, 2.05) is 42.5 Å². The van der Waals surface area contributed by atoms with Gasteiger partial charge in [-0.25, -0.2) is 0 Å². The minimum absolute atomic E-state index is 0. The number of fused-ring (bicyclic) bond motifs is 1. The Morgan fingerprint density at radius 2 is 1.89 bits per heavy atom. The summed E-state index contributed by atoms with van der Waals surface area (Å²) in [6.07, 6.45) is 2.42. The van der Waals surface area contributed by atoms with Gasteiger partial charge in [0.15, 0.2) is 0 Å². The number of nitrogens with one attached hydrogen (secondary N) is 2. The molecule has 0 aromatic heterocycles. The predicted molar refractivity (Wildman–Crippen MR) is 115 cm³/mol. The van der Waals surface area contributed by atoms with Crippen molar-refractivity contribution >= 4 is 40.7 Å². The van der Waals surface area contributed by atoms with E-state index in [0.717, 1.165) is 42.4 Å². The highest BCUT2D eigenvalue weighted by Gasteiger charge is 2.36. The molecule has 2 N–H and O–H groups in total. The zero-order chi connectivity index (χ0) is 18.9. The van der Waals surface area contributed by atoms with Gasteiger partial charge in [0.2, 0.25) is 11.8 Å². The Hall–Kier alpha value is -2.11. The van der Waals surface area contributed by atoms with Gasteiger partial charge < -0.3 is 15.5 Å². The molecule has 0 radical (unpaired) electrons. The molecule has 2 aromatic rings. The molecule has 4 rings (SSSR count). The first-order valence-corrected chi connectivity index (χ1v) is 9.82. The van der Waals surface area contributed by atoms with E-state index in [2.05, 4.69) is 17.6 Å². The fraction of sp³-hybridized carbons (Fsp3) is 0.455. The average Bonchev–Trinajstić information content (AvgIpc) is 3.08. The standard InChI is InChI=1S/C22H27N3O2.ClH/c1-22(9-11-23-12-10-22)15-24-21(27)17-13-20(26)25(14-17)19-8-4-6-16-5-2-3-7-18(16)19;/h2-8,17,23H,9-15H2,1H3,(H,24,27);1H. The van der Waals surface area contributed by atoms with Crippen molar-refractivity contribution in [2.24, 2.45) is 11.3 Å². The van der Waals surface area contributed by atoms with Crippen molar-refractivity contribution in [3.63, 3.8) is 0 Å². The molecule has 2 aromatic carbocycles. The van der Waals surface area contributed by atoms with E-state index in [1.165, 1.54) is 0 Å². The third kappa shape index (κ3) is 4.15. The summed E-state index contributed by atoms with van der Waals surface area (Å²) >= 11 is 0. The van der Waals surface area contributed by atoms with Crippen LogP contribution in [0.3, 0.4) is 0 Å². The largest absolute Gasteiger partial charge is 0.355 e. The number of nitrogens with zero attached hydrogens (tertiary/aromatic N) is 1. The van der Waals surface area contributed by atoms with Crippen LogP contribution in [0.2, 0.25) is 0 Å². The second kappa shape index (κ2) is 8.50. The normalized spacial score (nSPS) is 21.4. The second-order valence-corrected chi connectivity index (χ2v) is 8.18. The van der Waals surface area contributed by atoms with E-state index in [0.29, 0.717) is 13.1 Å². The Morgan fingerprint density at radius 1 is 1.18 bits per heavy atom. The van der Waals surface area contributed by atoms with E-state index in [4.69, 9.17) is 0 Å². The van der Waals surface area contributed by atoms with Gasteiger partial charge in [0.25, 0.3) is 0 Å². The number of hydrogen-bond donors (Lipinski definition) is 2. The topological polar surface area (TPSA) is 61.4 Å². The zero-order valence-electron chi connectivity index (χ0n) is 16.2. The molecule has 2 fully saturated rings. The lowest BCUT2D eigenvalue weighted by Crippen LogP contribution is -2.44. The molecule has 0 aliphatic carbocycles. The number of anilines is 1. The zero-order valence-corrected chi connectivity index (χ0v) is 17.1. The fourth-order valence-corrected chi connectivity index (χ4v) is 4.21. The third-order valence-electron chi connectivity index (χ3n) is 6.05. The van der Waals surface area contributed by atoms with Crippen LogP contribution in [0.25, 0.3) is 10.8 Å². The minimum atomic E-state index is -0.276. The lowest BCUT2D eigenvalue weighted by molar-refractivity contribution is -0.126. The molecule has 1 atom stereocenters. The van der Waals surface area contributed by atoms with Crippen LogP contribution in [-0.2, 0) is 9.59 Å². The molecule has 2 aliphatic rings. The van der Waals surface area contributed by atoms with Gasteiger partial charge in [0, 0.05) is 24.9 Å². The number of benzene rings is 2. The smallest absolute Gasteiger partial charge is 0.227 e. The van der Waals surface area contributed by atoms with Gasteiger partial charge in [-0.05, 0) is 42.8 Å². The number of rotatable bonds is 4. The second-order valence-electron chi connectivity index (χ2n) is 8.18. The number of halogens is 1. The summed E-state index contributed by atoms with van der Waals surface area (Å²) in [5.41, 5.74) is 1.05. The van der Waals surface area contributed by atoms with Gasteiger partial charge in [-0.15, -0.1) is 12.4 Å². The molecule has 6 heteroatoms. The first-order valence-electron chi connectivity index (χ1n) is 9.82. The van der Waals surface area contributed by atoms with Crippen LogP contribution in [0.1, 0.15) is 26.2 Å². The Balaban J connectivity index is 0.00000225. The first-order chi connectivity index (χ1) is 13.1. The summed E-state index contributed by atoms with van der Waals surface area (Å²) in [6, 6.07) is 14.0. The predicted octanol–water partition coefficient (Wildman–Crippen LogP) is 3.12. The third-order valence-corrected chi connectivity index (χ3v) is 6.05. The molecule has 28 heavy (non-hydrogen) atoms. The highest BCUT2D eigenvalue weighted by atomic mass is 35.5. The van der Waals surface area contributed by atoms with Crippen LogP contribution < -0.4 is 15.5 Å². The van der Waals surface area contributed by atoms with Crippen molar-refractivity contribution in [3.05, 3.63) is 42.5 Å². The van der Waals surface area contributed by atoms with Crippen LogP contribution in [0, 0.1) is 11.3 Å². The van der Waals surface area contributed by atoms with Crippen molar-refractivity contribution in [1.29, 1.82) is 0 Å². The SMILES string of the molecule is CC1(CNC(=O)C2CC(=O)N(c3cccc4ccccc34)C2)CCNCC1.Cl. The molecule has 2 saturated heterocycles. The first kappa shape index (κ1) is 20.6. The van der Waals surface area contributed by atoms with E-state index in [-0.39, 0.29) is 42.0 Å². The number of piperidine rings is 1. The van der Waals surface area contributed by atoms with E-state index in [9.17, 15) is 9.59 Å². The summed E-state index contributed by atoms with van der Waals surface area (Å²) in [5.74, 6) is -0.243. The molecular formula is C22H28ClN3O2. The molecular weight excluding hydrogens is 374 g/mol. The van der Waals surface area contributed by atoms with Gasteiger partial charge in [-0.3, -0.25) is 9.59 Å². The van der Waals surface area contributed by atoms with Gasteiger partial charge >= 0.3 is 0 Å². The molecule has 0 saturated carbocycles. The van der Waals surface area contributed by atoms with Gasteiger partial charge in [0.1, 0.15) is 0 Å². The molecule has 5 nitrogen and oxygen atoms in total. The van der Waals surface area contributed by atoms with Crippen LogP contribution in [0.15, 0.2) is 42.5 Å². The van der Waals surface area contributed by atoms with E-state index >= 15 is 0 Å². The van der Waals surface area contributed by atoms with Gasteiger partial charge in [-0.1, -0.05) is 43.3 Å². The lowest BCUT2D eigenvalue weighted by Gasteiger charge is -2.34. The maximum absolute atomic E-state index is 12.7. The molecule has 150 valence electrons. The van der Waals surface area contributed by atoms with Crippen LogP contribution in [-0.4, -0.2) is 38.0 Å². The number of amides is 2. The van der Waals surface area contributed by atoms with Crippen molar-refractivity contribution in [1.82, 2.24) is 10.6 Å². The maximum atomic E-state index is 12.7. The van der Waals surface area contributed by atoms with E-state index < -0.39 is 0 Å². The number of carbonyl (C=O) groups is 2. The van der Waals surface area contributed by atoms with Gasteiger partial charge in [0.05, 0.1) is 11.6 Å². The fourth-order valence-electron chi connectivity index (χ4n) is 4.21. The van der Waals surface area contributed by atoms with Gasteiger partial charge in [-0.2, -0.15) is 0 Å². The monoisotopic (exact) mass is 401 g/mol. The minimum Gasteiger partial charge on any atom is -0.355 e. The Kier molecular flexibility index (Phi) is 6.26. The maximum Gasteiger partial charge on any atom is 0.227 e. The van der Waals surface area contributed by atoms with Crippen molar-refractivity contribution < 1.29 is 9.59 Å². The quantitative estimate of drug-likeness (QED) is 0.827. The highest BCUT2D eigenvalue weighted by molar-refractivity contribution is 6.06. The Morgan fingerprint density at radius 3 is 2.68 bits per heavy atom. The van der Waals surface area contributed by atoms with Crippen LogP contribution in [0.5, 0.6) is 0 Å². The molecule has 2 heterocycles. The van der Waals surface area contributed by atoms with Crippen LogP contribution >= 0.6 is 12.4 Å². The summed E-state index contributed by atoms with van der Waals surface area (Å²) in [6.45, 7) is 5.38. The van der Waals surface area contributed by atoms with Crippen LogP contribution in [0.4, 0.5) is 5.69 Å². The Bertz CT molecular complexity index is 858. The summed E-state index contributed by atoms with van der Waals surface area (Å²) < 4.78 is 0. The summed E-state index contributed by atoms with van der Waals surface area (Å²) in [7, 11) is 0.